The maximum absolute atomic E-state index is 13.8. The lowest BCUT2D eigenvalue weighted by atomic mass is 9.97. The predicted molar refractivity (Wildman–Crippen MR) is 109 cm³/mol. The number of fused-ring (bicyclic) bond motifs is 1. The van der Waals surface area contributed by atoms with Gasteiger partial charge < -0.3 is 9.64 Å². The Kier molecular flexibility index (Phi) is 4.66. The van der Waals surface area contributed by atoms with Crippen LogP contribution in [-0.2, 0) is 10.9 Å². The monoisotopic (exact) mass is 428 g/mol. The van der Waals surface area contributed by atoms with Crippen LogP contribution in [0.15, 0.2) is 48.8 Å². The van der Waals surface area contributed by atoms with Crippen molar-refractivity contribution in [2.75, 3.05) is 24.7 Å². The zero-order valence-electron chi connectivity index (χ0n) is 16.6. The van der Waals surface area contributed by atoms with Gasteiger partial charge in [-0.15, -0.1) is 0 Å². The van der Waals surface area contributed by atoms with Crippen LogP contribution in [0.3, 0.4) is 0 Å². The van der Waals surface area contributed by atoms with Gasteiger partial charge in [-0.05, 0) is 30.2 Å². The number of pyridine rings is 1. The number of H-pyrrole nitrogens is 1. The van der Waals surface area contributed by atoms with Crippen molar-refractivity contribution < 1.29 is 17.9 Å². The summed E-state index contributed by atoms with van der Waals surface area (Å²) < 4.78 is 48.5. The highest BCUT2D eigenvalue weighted by Gasteiger charge is 2.34. The number of morpholine rings is 1. The van der Waals surface area contributed by atoms with Crippen molar-refractivity contribution in [2.45, 2.75) is 19.1 Å². The molecule has 5 rings (SSSR count). The number of rotatable bonds is 3. The van der Waals surface area contributed by atoms with Gasteiger partial charge in [-0.2, -0.15) is 28.1 Å². The third-order valence-electron chi connectivity index (χ3n) is 5.43. The van der Waals surface area contributed by atoms with E-state index in [9.17, 15) is 13.2 Å². The molecule has 10 heteroatoms. The number of benzene rings is 1. The Morgan fingerprint density at radius 3 is 2.74 bits per heavy atom. The van der Waals surface area contributed by atoms with Crippen LogP contribution in [0.25, 0.3) is 28.0 Å². The zero-order valence-corrected chi connectivity index (χ0v) is 16.6. The first kappa shape index (κ1) is 19.6. The molecule has 0 bridgehead atoms. The minimum atomic E-state index is -4.49. The van der Waals surface area contributed by atoms with Gasteiger partial charge in [0.25, 0.3) is 0 Å². The number of hydrogen-bond acceptors (Lipinski definition) is 5. The molecule has 3 aromatic heterocycles. The summed E-state index contributed by atoms with van der Waals surface area (Å²) in [6.45, 7) is 3.64. The lowest BCUT2D eigenvalue weighted by molar-refractivity contribution is -0.137. The third-order valence-corrected chi connectivity index (χ3v) is 5.43. The van der Waals surface area contributed by atoms with Gasteiger partial charge in [-0.1, -0.05) is 18.2 Å². The van der Waals surface area contributed by atoms with E-state index >= 15 is 0 Å². The minimum Gasteiger partial charge on any atom is -0.377 e. The second kappa shape index (κ2) is 7.38. The second-order valence-corrected chi connectivity index (χ2v) is 7.42. The lowest BCUT2D eigenvalue weighted by Gasteiger charge is -2.34. The molecule has 0 unspecified atom stereocenters. The number of anilines is 1. The Bertz CT molecular complexity index is 1220. The summed E-state index contributed by atoms with van der Waals surface area (Å²) in [5.41, 5.74) is 0.274. The number of aromatic nitrogens is 5. The normalized spacial score (nSPS) is 17.4. The first-order chi connectivity index (χ1) is 14.9. The molecule has 0 radical (unpaired) electrons. The number of nitrogens with zero attached hydrogens (tertiary/aromatic N) is 5. The van der Waals surface area contributed by atoms with E-state index in [1.54, 1.807) is 29.1 Å². The number of nitrogens with one attached hydrogen (secondary N) is 1. The fourth-order valence-corrected chi connectivity index (χ4v) is 3.93. The van der Waals surface area contributed by atoms with E-state index in [1.165, 1.54) is 18.3 Å². The van der Waals surface area contributed by atoms with E-state index in [0.717, 1.165) is 6.07 Å². The van der Waals surface area contributed by atoms with Gasteiger partial charge in [0.2, 0.25) is 0 Å². The van der Waals surface area contributed by atoms with Crippen molar-refractivity contribution in [1.29, 1.82) is 0 Å². The number of aromatic amines is 1. The largest absolute Gasteiger partial charge is 0.417 e. The average Bonchev–Trinajstić information content (AvgIpc) is 3.42. The fraction of sp³-hybridized carbons (Fsp3) is 0.286. The van der Waals surface area contributed by atoms with Gasteiger partial charge in [-0.3, -0.25) is 5.10 Å². The van der Waals surface area contributed by atoms with E-state index < -0.39 is 11.7 Å². The van der Waals surface area contributed by atoms with Gasteiger partial charge in [0.05, 0.1) is 37.2 Å². The molecule has 1 aliphatic heterocycles. The molecule has 7 nitrogen and oxygen atoms in total. The van der Waals surface area contributed by atoms with Crippen LogP contribution in [0.1, 0.15) is 12.5 Å². The highest BCUT2D eigenvalue weighted by molar-refractivity contribution is 5.96. The predicted octanol–water partition coefficient (Wildman–Crippen LogP) is 4.05. The summed E-state index contributed by atoms with van der Waals surface area (Å²) in [5, 5.41) is 11.7. The quantitative estimate of drug-likeness (QED) is 0.533. The third kappa shape index (κ3) is 3.42. The molecule has 160 valence electrons. The van der Waals surface area contributed by atoms with Gasteiger partial charge in [0.1, 0.15) is 5.82 Å². The Morgan fingerprint density at radius 1 is 1.16 bits per heavy atom. The highest BCUT2D eigenvalue weighted by Crippen LogP contribution is 2.40. The van der Waals surface area contributed by atoms with Crippen LogP contribution in [0.5, 0.6) is 0 Å². The zero-order chi connectivity index (χ0) is 21.6. The second-order valence-electron chi connectivity index (χ2n) is 7.42. The molecule has 0 amide bonds. The van der Waals surface area contributed by atoms with Crippen LogP contribution >= 0.6 is 0 Å². The van der Waals surface area contributed by atoms with Crippen molar-refractivity contribution in [3.8, 4) is 16.9 Å². The number of hydrogen-bond donors (Lipinski definition) is 1. The summed E-state index contributed by atoms with van der Waals surface area (Å²) in [6.07, 6.45) is -1.37. The molecule has 1 fully saturated rings. The summed E-state index contributed by atoms with van der Waals surface area (Å²) in [5.74, 6) is 1.15. The average molecular weight is 428 g/mol. The van der Waals surface area contributed by atoms with Crippen LogP contribution in [0, 0.1) is 0 Å². The first-order valence-electron chi connectivity index (χ1n) is 9.83. The van der Waals surface area contributed by atoms with Gasteiger partial charge in [-0.25, -0.2) is 4.98 Å². The topological polar surface area (TPSA) is 71.9 Å². The molecular weight excluding hydrogens is 409 g/mol. The Hall–Kier alpha value is -3.40. The SMILES string of the molecule is C[C@@H]1COCCN1c1cc(-c2ccccc2C(F)(F)F)c2cnn(-c3ccn[nH]3)c2n1. The molecule has 0 spiro atoms. The van der Waals surface area contributed by atoms with E-state index in [1.807, 2.05) is 11.8 Å². The van der Waals surface area contributed by atoms with Crippen LogP contribution in [0.2, 0.25) is 0 Å². The van der Waals surface area contributed by atoms with Gasteiger partial charge in [0.15, 0.2) is 11.5 Å². The van der Waals surface area contributed by atoms with E-state index in [0.29, 0.717) is 48.0 Å². The Morgan fingerprint density at radius 2 is 2.00 bits per heavy atom. The van der Waals surface area contributed by atoms with Crippen molar-refractivity contribution in [1.82, 2.24) is 25.0 Å². The van der Waals surface area contributed by atoms with Crippen LogP contribution < -0.4 is 4.90 Å². The Balaban J connectivity index is 1.78. The first-order valence-corrected chi connectivity index (χ1v) is 9.83. The van der Waals surface area contributed by atoms with Gasteiger partial charge >= 0.3 is 6.18 Å². The molecule has 0 saturated carbocycles. The van der Waals surface area contributed by atoms with E-state index in [2.05, 4.69) is 15.3 Å². The standard InChI is InChI=1S/C21H19F3N6O/c1-13-12-31-9-8-29(13)19-10-15(14-4-2-3-5-17(14)21(22,23)24)16-11-26-30(20(16)27-19)18-6-7-25-28-18/h2-7,10-11,13H,8-9,12H2,1H3,(H,25,28)/t13-/m1/s1. The maximum Gasteiger partial charge on any atom is 0.417 e. The Labute approximate surface area is 175 Å². The molecule has 31 heavy (non-hydrogen) atoms. The number of alkyl halides is 3. The smallest absolute Gasteiger partial charge is 0.377 e. The fourth-order valence-electron chi connectivity index (χ4n) is 3.93. The number of halogens is 3. The summed E-state index contributed by atoms with van der Waals surface area (Å²) in [7, 11) is 0. The molecule has 1 aliphatic rings. The highest BCUT2D eigenvalue weighted by atomic mass is 19.4. The van der Waals surface area contributed by atoms with Crippen molar-refractivity contribution in [2.24, 2.45) is 0 Å². The molecule has 1 saturated heterocycles. The van der Waals surface area contributed by atoms with Crippen LogP contribution in [-0.4, -0.2) is 50.8 Å². The summed E-state index contributed by atoms with van der Waals surface area (Å²) in [4.78, 5) is 6.83. The van der Waals surface area contributed by atoms with Gasteiger partial charge in [0, 0.05) is 18.0 Å². The molecule has 0 aliphatic carbocycles. The van der Waals surface area contributed by atoms with E-state index in [4.69, 9.17) is 9.72 Å². The number of ether oxygens (including phenoxy) is 1. The molecular formula is C21H19F3N6O. The molecule has 1 N–H and O–H groups in total. The van der Waals surface area contributed by atoms with Crippen molar-refractivity contribution >= 4 is 16.9 Å². The molecule has 4 heterocycles. The summed E-state index contributed by atoms with van der Waals surface area (Å²) >= 11 is 0. The molecule has 1 aromatic carbocycles. The minimum absolute atomic E-state index is 0.0351. The molecule has 4 aromatic rings. The molecule has 1 atom stereocenters. The van der Waals surface area contributed by atoms with Crippen molar-refractivity contribution in [3.63, 3.8) is 0 Å². The van der Waals surface area contributed by atoms with E-state index in [-0.39, 0.29) is 11.6 Å². The van der Waals surface area contributed by atoms with Crippen molar-refractivity contribution in [3.05, 3.63) is 54.4 Å². The summed E-state index contributed by atoms with van der Waals surface area (Å²) in [6, 6.07) is 9.05. The van der Waals surface area contributed by atoms with Crippen LogP contribution in [0.4, 0.5) is 19.0 Å². The lowest BCUT2D eigenvalue weighted by Crippen LogP contribution is -2.44. The maximum atomic E-state index is 13.8.